The van der Waals surface area contributed by atoms with Gasteiger partial charge in [-0.05, 0) is 128 Å². The molecule has 1 fully saturated rings. The van der Waals surface area contributed by atoms with E-state index in [9.17, 15) is 34.5 Å². The van der Waals surface area contributed by atoms with E-state index in [2.05, 4.69) is 142 Å². The second-order valence-electron chi connectivity index (χ2n) is 20.9. The number of carboxylic acids is 1. The number of carboxylic acid groups (broad SMARTS) is 1. The number of hydrogen-bond acceptors (Lipinski definition) is 11. The van der Waals surface area contributed by atoms with Gasteiger partial charge in [0.1, 0.15) is 18.8 Å². The molecule has 0 spiro atoms. The van der Waals surface area contributed by atoms with Gasteiger partial charge in [-0.2, -0.15) is 0 Å². The van der Waals surface area contributed by atoms with Crippen LogP contribution >= 0.6 is 0 Å². The number of esters is 3. The minimum atomic E-state index is -1.92. The van der Waals surface area contributed by atoms with Crippen molar-refractivity contribution in [1.29, 1.82) is 0 Å². The minimum Gasteiger partial charge on any atom is -0.479 e. The molecule has 0 amide bonds. The molecule has 1 saturated heterocycles. The van der Waals surface area contributed by atoms with Gasteiger partial charge in [0.2, 0.25) is 0 Å². The lowest BCUT2D eigenvalue weighted by molar-refractivity contribution is -0.301. The predicted molar refractivity (Wildman–Crippen MR) is 330 cm³/mol. The van der Waals surface area contributed by atoms with Crippen LogP contribution in [-0.2, 0) is 42.9 Å². The van der Waals surface area contributed by atoms with Crippen molar-refractivity contribution in [3.8, 4) is 0 Å². The molecule has 6 unspecified atom stereocenters. The zero-order valence-electron chi connectivity index (χ0n) is 50.5. The van der Waals surface area contributed by atoms with Crippen LogP contribution in [0.15, 0.2) is 122 Å². The molecule has 1 heterocycles. The second-order valence-corrected chi connectivity index (χ2v) is 20.9. The number of aliphatic carboxylic acids is 1. The molecule has 0 aromatic carbocycles. The Morgan fingerprint density at radius 1 is 0.420 bits per heavy atom. The number of hydrogen-bond donors (Lipinski definition) is 3. The standard InChI is InChI=1S/C69H110O12/c1-4-7-10-13-16-19-22-25-28-30-31-33-35-37-40-43-46-49-52-55-61(70)77-58-60(79-62(71)56-53-50-47-44-41-39-36-32-29-26-23-20-17-14-11-8-5-2)59-78-69-67(65(74)64(73)66(81-69)68(75)76)80-63(72)57-54-51-48-45-42-38-34-27-24-21-18-15-12-9-6-3/h7-8,10-11,16-17,19-20,25-29,31,33-34,36-37,39-40,60,64-67,69,73-74H,4-6,9,12-15,18,21-24,30,32,35,38,41-59H2,1-3H3,(H,75,76)/b10-7-,11-8-,19-16-,20-17-,28-25-,29-26-,33-31-,34-27-,39-36-,40-37-. The van der Waals surface area contributed by atoms with Crippen molar-refractivity contribution in [3.63, 3.8) is 0 Å². The highest BCUT2D eigenvalue weighted by Crippen LogP contribution is 2.26. The van der Waals surface area contributed by atoms with Crippen molar-refractivity contribution in [3.05, 3.63) is 122 Å². The van der Waals surface area contributed by atoms with E-state index in [1.54, 1.807) is 0 Å². The topological polar surface area (TPSA) is 175 Å². The fourth-order valence-corrected chi connectivity index (χ4v) is 8.73. The van der Waals surface area contributed by atoms with Crippen molar-refractivity contribution in [1.82, 2.24) is 0 Å². The molecule has 0 aromatic rings. The summed E-state index contributed by atoms with van der Waals surface area (Å²) in [6.45, 7) is 5.71. The van der Waals surface area contributed by atoms with Crippen LogP contribution in [-0.4, -0.2) is 89.2 Å². The van der Waals surface area contributed by atoms with Gasteiger partial charge in [-0.3, -0.25) is 14.4 Å². The highest BCUT2D eigenvalue weighted by atomic mass is 16.7. The maximum Gasteiger partial charge on any atom is 0.335 e. The lowest BCUT2D eigenvalue weighted by atomic mass is 9.98. The number of carbonyl (C=O) groups is 4. The van der Waals surface area contributed by atoms with E-state index in [1.165, 1.54) is 38.5 Å². The summed E-state index contributed by atoms with van der Waals surface area (Å²) in [6, 6.07) is 0. The quantitative estimate of drug-likeness (QED) is 0.0228. The molecule has 1 aliphatic heterocycles. The van der Waals surface area contributed by atoms with E-state index in [0.717, 1.165) is 141 Å². The smallest absolute Gasteiger partial charge is 0.335 e. The average molecular weight is 1130 g/mol. The van der Waals surface area contributed by atoms with Gasteiger partial charge >= 0.3 is 23.9 Å². The molecule has 6 atom stereocenters. The fraction of sp³-hybridized carbons (Fsp3) is 0.652. The summed E-state index contributed by atoms with van der Waals surface area (Å²) in [5, 5.41) is 31.6. The number of ether oxygens (including phenoxy) is 5. The van der Waals surface area contributed by atoms with Crippen LogP contribution in [0.1, 0.15) is 239 Å². The first-order valence-corrected chi connectivity index (χ1v) is 31.5. The van der Waals surface area contributed by atoms with E-state index < -0.39 is 67.3 Å². The zero-order chi connectivity index (χ0) is 58.9. The Morgan fingerprint density at radius 3 is 1.21 bits per heavy atom. The number of unbranched alkanes of at least 4 members (excludes halogenated alkanes) is 18. The number of aliphatic hydroxyl groups is 2. The van der Waals surface area contributed by atoms with Crippen molar-refractivity contribution in [2.75, 3.05) is 13.2 Å². The molecule has 0 aliphatic carbocycles. The molecule has 1 aliphatic rings. The Kier molecular flexibility index (Phi) is 50.9. The predicted octanol–water partition coefficient (Wildman–Crippen LogP) is 16.8. The Bertz CT molecular complexity index is 1870. The average Bonchev–Trinajstić information content (AvgIpc) is 3.53. The lowest BCUT2D eigenvalue weighted by Crippen LogP contribution is -2.61. The Balaban J connectivity index is 2.73. The molecular formula is C69H110O12. The van der Waals surface area contributed by atoms with E-state index in [0.29, 0.717) is 19.3 Å². The first-order valence-electron chi connectivity index (χ1n) is 31.5. The van der Waals surface area contributed by atoms with Crippen LogP contribution in [0.3, 0.4) is 0 Å². The van der Waals surface area contributed by atoms with Gasteiger partial charge in [0.25, 0.3) is 0 Å². The van der Waals surface area contributed by atoms with Crippen molar-refractivity contribution < 1.29 is 58.2 Å². The van der Waals surface area contributed by atoms with Gasteiger partial charge in [0, 0.05) is 19.3 Å². The van der Waals surface area contributed by atoms with Crippen LogP contribution in [0.2, 0.25) is 0 Å². The normalized spacial score (nSPS) is 18.6. The van der Waals surface area contributed by atoms with Crippen molar-refractivity contribution >= 4 is 23.9 Å². The third kappa shape index (κ3) is 45.3. The summed E-state index contributed by atoms with van der Waals surface area (Å²) >= 11 is 0. The van der Waals surface area contributed by atoms with Gasteiger partial charge < -0.3 is 39.0 Å². The summed E-state index contributed by atoms with van der Waals surface area (Å²) in [5.74, 6) is -3.22. The van der Waals surface area contributed by atoms with Crippen LogP contribution in [0, 0.1) is 0 Å². The van der Waals surface area contributed by atoms with Crippen molar-refractivity contribution in [2.24, 2.45) is 0 Å². The molecule has 1 rings (SSSR count). The molecule has 0 radical (unpaired) electrons. The highest BCUT2D eigenvalue weighted by Gasteiger charge is 2.50. The second kappa shape index (κ2) is 55.6. The first kappa shape index (κ1) is 74.1. The van der Waals surface area contributed by atoms with Crippen LogP contribution in [0.25, 0.3) is 0 Å². The number of aliphatic hydroxyl groups excluding tert-OH is 2. The van der Waals surface area contributed by atoms with E-state index in [-0.39, 0.29) is 25.9 Å². The molecule has 3 N–H and O–H groups in total. The molecule has 12 heteroatoms. The zero-order valence-corrected chi connectivity index (χ0v) is 50.5. The van der Waals surface area contributed by atoms with Crippen LogP contribution in [0.5, 0.6) is 0 Å². The van der Waals surface area contributed by atoms with Gasteiger partial charge in [-0.1, -0.05) is 213 Å². The largest absolute Gasteiger partial charge is 0.479 e. The number of allylic oxidation sites excluding steroid dienone is 20. The molecule has 12 nitrogen and oxygen atoms in total. The van der Waals surface area contributed by atoms with Gasteiger partial charge in [-0.15, -0.1) is 0 Å². The van der Waals surface area contributed by atoms with E-state index in [4.69, 9.17) is 23.7 Å². The summed E-state index contributed by atoms with van der Waals surface area (Å²) in [4.78, 5) is 51.3. The third-order valence-electron chi connectivity index (χ3n) is 13.5. The Morgan fingerprint density at radius 2 is 0.778 bits per heavy atom. The summed E-state index contributed by atoms with van der Waals surface area (Å²) in [5.41, 5.74) is 0. The molecular weight excluding hydrogens is 1020 g/mol. The summed E-state index contributed by atoms with van der Waals surface area (Å²) < 4.78 is 28.4. The maximum absolute atomic E-state index is 13.2. The fourth-order valence-electron chi connectivity index (χ4n) is 8.73. The highest BCUT2D eigenvalue weighted by molar-refractivity contribution is 5.74. The minimum absolute atomic E-state index is 0.0383. The molecule has 458 valence electrons. The van der Waals surface area contributed by atoms with Crippen LogP contribution < -0.4 is 0 Å². The molecule has 81 heavy (non-hydrogen) atoms. The van der Waals surface area contributed by atoms with E-state index in [1.807, 2.05) is 0 Å². The summed E-state index contributed by atoms with van der Waals surface area (Å²) in [6.07, 6.45) is 64.4. The lowest BCUT2D eigenvalue weighted by Gasteiger charge is -2.40. The maximum atomic E-state index is 13.2. The Hall–Kier alpha value is -4.88. The number of rotatable bonds is 52. The van der Waals surface area contributed by atoms with Gasteiger partial charge in [-0.25, -0.2) is 4.79 Å². The Labute approximate surface area is 490 Å². The van der Waals surface area contributed by atoms with Crippen molar-refractivity contribution in [2.45, 2.75) is 276 Å². The van der Waals surface area contributed by atoms with E-state index >= 15 is 0 Å². The monoisotopic (exact) mass is 1130 g/mol. The SMILES string of the molecule is CC/C=C\C/C=C\C/C=C\C/C=C\C/C=C\CCCCCC(=O)OCC(COC1OC(C(=O)O)C(O)C(O)C1OC(=O)CCCCCCC/C=C\CCCCCCCC)OC(=O)CCCCCC/C=C\C/C=C\C/C=C\C/C=C\CC. The summed E-state index contributed by atoms with van der Waals surface area (Å²) in [7, 11) is 0. The molecule has 0 saturated carbocycles. The molecule has 0 bridgehead atoms. The van der Waals surface area contributed by atoms with Gasteiger partial charge in [0.15, 0.2) is 24.6 Å². The van der Waals surface area contributed by atoms with Crippen LogP contribution in [0.4, 0.5) is 0 Å². The number of carbonyl (C=O) groups excluding carboxylic acids is 3. The molecule has 0 aromatic heterocycles. The van der Waals surface area contributed by atoms with Gasteiger partial charge in [0.05, 0.1) is 6.61 Å². The first-order chi connectivity index (χ1) is 39.6. The third-order valence-corrected chi connectivity index (χ3v) is 13.5.